The van der Waals surface area contributed by atoms with E-state index in [0.29, 0.717) is 0 Å². The molecule has 1 saturated heterocycles. The average Bonchev–Trinajstić information content (AvgIpc) is 3.58. The maximum absolute atomic E-state index is 3.68. The molecular weight excluding hydrogens is 542 g/mol. The first-order valence-corrected chi connectivity index (χ1v) is 10.9. The van der Waals surface area contributed by atoms with E-state index < -0.39 is 0 Å². The number of hydrogen-bond acceptors (Lipinski definition) is 1. The van der Waals surface area contributed by atoms with Gasteiger partial charge in [-0.3, -0.25) is 0 Å². The predicted octanol–water partition coefficient (Wildman–Crippen LogP) is 5.86. The Labute approximate surface area is 227 Å². The van der Waals surface area contributed by atoms with Crippen molar-refractivity contribution in [1.29, 1.82) is 0 Å². The summed E-state index contributed by atoms with van der Waals surface area (Å²) in [6.07, 6.45) is 33.3. The molecule has 0 aromatic heterocycles. The Balaban J connectivity index is 0.000000252. The molecule has 160 valence electrons. The van der Waals surface area contributed by atoms with Crippen molar-refractivity contribution in [3.63, 3.8) is 0 Å². The summed E-state index contributed by atoms with van der Waals surface area (Å²) in [5.74, 6) is 5.59. The molecule has 4 aliphatic carbocycles. The van der Waals surface area contributed by atoms with E-state index in [1.54, 1.807) is 0 Å². The largest absolute Gasteiger partial charge is 2.00 e. The van der Waals surface area contributed by atoms with Crippen molar-refractivity contribution >= 4 is 21.6 Å². The van der Waals surface area contributed by atoms with E-state index in [2.05, 4.69) is 83.6 Å². The second-order valence-electron chi connectivity index (χ2n) is 7.16. The Morgan fingerprint density at radius 3 is 1.34 bits per heavy atom. The SMILES string of the molecule is Brc1ccccc1N1C[C]2[CH][CH][CH][C]2[C]2[CH][CH][CH][C]2C1.[CH]1[CH][CH][CH][CH]1.[CH]1[CH][CH][CH][CH]1.[Fe+2].[Fe+2]. The molecule has 32 heavy (non-hydrogen) atoms. The number of para-hydroxylation sites is 1. The van der Waals surface area contributed by atoms with Crippen molar-refractivity contribution in [1.82, 2.24) is 0 Å². The second kappa shape index (κ2) is 15.5. The molecule has 0 spiro atoms. The van der Waals surface area contributed by atoms with Crippen LogP contribution in [0.5, 0.6) is 0 Å². The second-order valence-corrected chi connectivity index (χ2v) is 8.02. The Morgan fingerprint density at radius 2 is 0.938 bits per heavy atom. The minimum absolute atomic E-state index is 0. The molecule has 4 heteroatoms. The summed E-state index contributed by atoms with van der Waals surface area (Å²) in [5.41, 5.74) is 1.26. The van der Waals surface area contributed by atoms with Gasteiger partial charge in [-0.25, -0.2) is 0 Å². The molecule has 0 atom stereocenters. The fourth-order valence-electron chi connectivity index (χ4n) is 3.70. The van der Waals surface area contributed by atoms with Crippen LogP contribution in [0.1, 0.15) is 0 Å². The summed E-state index contributed by atoms with van der Waals surface area (Å²) in [6, 6.07) is 8.45. The van der Waals surface area contributed by atoms with E-state index >= 15 is 0 Å². The number of rotatable bonds is 1. The number of anilines is 1. The van der Waals surface area contributed by atoms with Crippen molar-refractivity contribution in [2.24, 2.45) is 0 Å². The zero-order chi connectivity index (χ0) is 20.6. The van der Waals surface area contributed by atoms with Crippen LogP contribution in [0, 0.1) is 126 Å². The molecule has 5 aliphatic rings. The van der Waals surface area contributed by atoms with Crippen LogP contribution in [0.25, 0.3) is 0 Å². The van der Waals surface area contributed by atoms with Crippen LogP contribution in [-0.4, -0.2) is 13.1 Å². The zero-order valence-corrected chi connectivity index (χ0v) is 21.3. The summed E-state index contributed by atoms with van der Waals surface area (Å²) in [4.78, 5) is 2.44. The Hall–Kier alpha value is 0.539. The van der Waals surface area contributed by atoms with Crippen LogP contribution in [0.3, 0.4) is 0 Å². The van der Waals surface area contributed by atoms with Crippen LogP contribution >= 0.6 is 15.9 Å². The third kappa shape index (κ3) is 8.05. The Morgan fingerprint density at radius 1 is 0.531 bits per heavy atom. The smallest absolute Gasteiger partial charge is 0.369 e. The molecule has 1 heterocycles. The molecule has 0 unspecified atom stereocenters. The third-order valence-corrected chi connectivity index (χ3v) is 5.80. The molecule has 0 N–H and O–H groups in total. The standard InChI is InChI=1S/C18H14BrN.2C5H5.2Fe/c19-17-9-1-2-10-18(17)20-11-13-5-3-7-15(13)16-8-4-6-14(16)12-20;2*1-2-4-5-3-1;;/h1-10H,11-12H2;2*1-5H;;/q;;;2*+2. The molecule has 6 rings (SSSR count). The van der Waals surface area contributed by atoms with Gasteiger partial charge in [0.15, 0.2) is 0 Å². The fraction of sp³-hybridized carbons (Fsp3) is 0.0714. The first kappa shape index (κ1) is 28.8. The minimum atomic E-state index is 0. The first-order chi connectivity index (χ1) is 14.8. The van der Waals surface area contributed by atoms with Crippen molar-refractivity contribution in [3.8, 4) is 0 Å². The summed E-state index contributed by atoms with van der Waals surface area (Å²) in [6.45, 7) is 1.92. The molecule has 4 saturated carbocycles. The van der Waals surface area contributed by atoms with Gasteiger partial charge in [-0.15, -0.1) is 0 Å². The predicted molar refractivity (Wildman–Crippen MR) is 128 cm³/mol. The van der Waals surface area contributed by atoms with E-state index in [1.807, 2.05) is 64.2 Å². The Kier molecular flexibility index (Phi) is 14.0. The van der Waals surface area contributed by atoms with Gasteiger partial charge in [0, 0.05) is 29.4 Å². The van der Waals surface area contributed by atoms with Gasteiger partial charge in [0.2, 0.25) is 0 Å². The van der Waals surface area contributed by atoms with Gasteiger partial charge in [0.05, 0.1) is 5.69 Å². The van der Waals surface area contributed by atoms with Crippen LogP contribution < -0.4 is 4.90 Å². The topological polar surface area (TPSA) is 3.24 Å². The van der Waals surface area contributed by atoms with Gasteiger partial charge >= 0.3 is 34.1 Å². The van der Waals surface area contributed by atoms with Gasteiger partial charge in [0.1, 0.15) is 0 Å². The number of fused-ring (bicyclic) bond motifs is 3. The van der Waals surface area contributed by atoms with Gasteiger partial charge in [-0.2, -0.15) is 0 Å². The van der Waals surface area contributed by atoms with Crippen molar-refractivity contribution in [2.45, 2.75) is 0 Å². The molecule has 0 amide bonds. The molecule has 5 fully saturated rings. The molecule has 1 aromatic rings. The number of nitrogens with zero attached hydrogens (tertiary/aromatic N) is 1. The molecule has 1 nitrogen and oxygen atoms in total. The van der Waals surface area contributed by atoms with E-state index in [4.69, 9.17) is 0 Å². The van der Waals surface area contributed by atoms with Gasteiger partial charge in [0.25, 0.3) is 0 Å². The van der Waals surface area contributed by atoms with Gasteiger partial charge < -0.3 is 4.90 Å². The summed E-state index contributed by atoms with van der Waals surface area (Å²) < 4.78 is 1.16. The zero-order valence-electron chi connectivity index (χ0n) is 17.5. The maximum Gasteiger partial charge on any atom is 2.00 e. The van der Waals surface area contributed by atoms with Gasteiger partial charge in [-0.05, 0) is 143 Å². The van der Waals surface area contributed by atoms with Crippen molar-refractivity contribution in [3.05, 3.63) is 155 Å². The molecular formula is C28H24BrFe2N+4. The van der Waals surface area contributed by atoms with Crippen LogP contribution in [0.4, 0.5) is 5.69 Å². The van der Waals surface area contributed by atoms with Gasteiger partial charge in [-0.1, -0.05) is 12.1 Å². The molecule has 0 bridgehead atoms. The monoisotopic (exact) mass is 565 g/mol. The van der Waals surface area contributed by atoms with Crippen LogP contribution in [0.15, 0.2) is 28.7 Å². The fourth-order valence-corrected chi connectivity index (χ4v) is 4.24. The van der Waals surface area contributed by atoms with E-state index in [9.17, 15) is 0 Å². The number of benzene rings is 1. The third-order valence-electron chi connectivity index (χ3n) is 5.13. The summed E-state index contributed by atoms with van der Waals surface area (Å²) >= 11 is 3.68. The quantitative estimate of drug-likeness (QED) is 0.386. The van der Waals surface area contributed by atoms with Crippen molar-refractivity contribution in [2.75, 3.05) is 18.0 Å². The van der Waals surface area contributed by atoms with E-state index in [0.717, 1.165) is 17.6 Å². The molecule has 1 aliphatic heterocycles. The molecule has 1 aromatic carbocycles. The minimum Gasteiger partial charge on any atom is -0.369 e. The number of halogens is 1. The average molecular weight is 566 g/mol. The van der Waals surface area contributed by atoms with Crippen LogP contribution in [0.2, 0.25) is 0 Å². The van der Waals surface area contributed by atoms with Crippen molar-refractivity contribution < 1.29 is 34.1 Å². The molecule has 20 radical (unpaired) electrons. The first-order valence-electron chi connectivity index (χ1n) is 10.2. The number of hydrogen-bond donors (Lipinski definition) is 0. The Bertz CT molecular complexity index is 584. The van der Waals surface area contributed by atoms with E-state index in [-0.39, 0.29) is 34.1 Å². The van der Waals surface area contributed by atoms with E-state index in [1.165, 1.54) is 29.4 Å². The van der Waals surface area contributed by atoms with Crippen LogP contribution in [-0.2, 0) is 34.1 Å². The maximum atomic E-state index is 3.68. The summed E-state index contributed by atoms with van der Waals surface area (Å²) in [7, 11) is 0. The normalized spacial score (nSPS) is 23.6. The summed E-state index contributed by atoms with van der Waals surface area (Å²) in [5, 5.41) is 0.